The first kappa shape index (κ1) is 16.6. The Morgan fingerprint density at radius 1 is 1.19 bits per heavy atom. The maximum absolute atomic E-state index is 13.3. The van der Waals surface area contributed by atoms with Crippen LogP contribution in [0.25, 0.3) is 0 Å². The zero-order chi connectivity index (χ0) is 18.5. The number of alkyl halides is 3. The van der Waals surface area contributed by atoms with E-state index in [0.717, 1.165) is 6.07 Å². The summed E-state index contributed by atoms with van der Waals surface area (Å²) in [6, 6.07) is 9.04. The van der Waals surface area contributed by atoms with E-state index in [1.54, 1.807) is 31.3 Å². The first-order chi connectivity index (χ1) is 12.4. The number of fused-ring (bicyclic) bond motifs is 4. The number of aliphatic imine (C=N–C) groups is 1. The van der Waals surface area contributed by atoms with Crippen LogP contribution in [-0.2, 0) is 16.4 Å². The Labute approximate surface area is 146 Å². The molecule has 4 rings (SSSR count). The van der Waals surface area contributed by atoms with E-state index in [9.17, 15) is 18.0 Å². The van der Waals surface area contributed by atoms with Crippen molar-refractivity contribution in [3.8, 4) is 5.75 Å². The summed E-state index contributed by atoms with van der Waals surface area (Å²) in [5.74, 6) is 0.123. The second kappa shape index (κ2) is 5.55. The van der Waals surface area contributed by atoms with Crippen molar-refractivity contribution in [2.24, 2.45) is 4.99 Å². The summed E-state index contributed by atoms with van der Waals surface area (Å²) in [5.41, 5.74) is -1.48. The van der Waals surface area contributed by atoms with Gasteiger partial charge in [0.05, 0.1) is 12.3 Å². The molecule has 0 saturated carbocycles. The number of rotatable bonds is 0. The van der Waals surface area contributed by atoms with E-state index in [1.807, 2.05) is 0 Å². The van der Waals surface area contributed by atoms with Gasteiger partial charge >= 0.3 is 6.18 Å². The van der Waals surface area contributed by atoms with Crippen LogP contribution in [0, 0.1) is 0 Å². The summed E-state index contributed by atoms with van der Waals surface area (Å²) in [6.07, 6.45) is -4.44. The van der Waals surface area contributed by atoms with Crippen molar-refractivity contribution in [3.63, 3.8) is 0 Å². The normalized spacial score (nSPS) is 21.5. The molecule has 1 N–H and O–H groups in total. The van der Waals surface area contributed by atoms with E-state index < -0.39 is 23.2 Å². The molecule has 0 radical (unpaired) electrons. The van der Waals surface area contributed by atoms with Crippen LogP contribution in [0.3, 0.4) is 0 Å². The fraction of sp³-hybridized carbons (Fsp3) is 0.278. The summed E-state index contributed by atoms with van der Waals surface area (Å²) in [7, 11) is 1.56. The Hall–Kier alpha value is -2.90. The van der Waals surface area contributed by atoms with Crippen LogP contribution in [0.15, 0.2) is 41.4 Å². The number of pyridine rings is 1. The molecule has 5 nitrogen and oxygen atoms in total. The van der Waals surface area contributed by atoms with Gasteiger partial charge in [0.1, 0.15) is 22.7 Å². The topological polar surface area (TPSA) is 63.6 Å². The van der Waals surface area contributed by atoms with Crippen LogP contribution >= 0.6 is 0 Å². The molecule has 0 aliphatic carbocycles. The van der Waals surface area contributed by atoms with Crippen LogP contribution in [-0.4, -0.2) is 30.4 Å². The van der Waals surface area contributed by atoms with Gasteiger partial charge in [0.25, 0.3) is 5.91 Å². The average Bonchev–Trinajstić information content (AvgIpc) is 2.63. The highest BCUT2D eigenvalue weighted by Gasteiger charge is 2.52. The molecule has 1 aromatic carbocycles. The zero-order valence-corrected chi connectivity index (χ0v) is 13.7. The van der Waals surface area contributed by atoms with Gasteiger partial charge in [0, 0.05) is 24.6 Å². The largest absolute Gasteiger partial charge is 0.493 e. The van der Waals surface area contributed by atoms with E-state index in [1.165, 1.54) is 6.07 Å². The van der Waals surface area contributed by atoms with Crippen LogP contribution in [0.4, 0.5) is 13.2 Å². The van der Waals surface area contributed by atoms with Crippen LogP contribution < -0.4 is 10.1 Å². The Balaban J connectivity index is 2.05. The number of nitrogens with zero attached hydrogens (tertiary/aromatic N) is 2. The lowest BCUT2D eigenvalue weighted by atomic mass is 9.69. The van der Waals surface area contributed by atoms with Crippen LogP contribution in [0.5, 0.6) is 5.75 Å². The number of para-hydroxylation sites is 1. The van der Waals surface area contributed by atoms with Gasteiger partial charge in [0.2, 0.25) is 0 Å². The smallest absolute Gasteiger partial charge is 0.433 e. The number of amides is 1. The molecule has 2 aliphatic heterocycles. The number of halogens is 3. The number of benzene rings is 1. The first-order valence-electron chi connectivity index (χ1n) is 8.00. The molecule has 8 heteroatoms. The lowest BCUT2D eigenvalue weighted by Gasteiger charge is -2.39. The molecule has 1 spiro atoms. The van der Waals surface area contributed by atoms with Gasteiger partial charge in [-0.25, -0.2) is 4.98 Å². The van der Waals surface area contributed by atoms with Crippen molar-refractivity contribution >= 4 is 11.7 Å². The molecule has 0 unspecified atom stereocenters. The van der Waals surface area contributed by atoms with E-state index >= 15 is 0 Å². The number of ether oxygens (including phenoxy) is 1. The van der Waals surface area contributed by atoms with Gasteiger partial charge < -0.3 is 10.1 Å². The van der Waals surface area contributed by atoms with E-state index in [0.29, 0.717) is 16.9 Å². The molecule has 0 saturated heterocycles. The third-order valence-electron chi connectivity index (χ3n) is 4.74. The summed E-state index contributed by atoms with van der Waals surface area (Å²) < 4.78 is 45.4. The number of carbonyl (C=O) groups is 1. The number of hydrogen-bond acceptors (Lipinski definition) is 4. The average molecular weight is 361 g/mol. The second-order valence-corrected chi connectivity index (χ2v) is 6.11. The summed E-state index contributed by atoms with van der Waals surface area (Å²) in [6.45, 7) is 0.185. The van der Waals surface area contributed by atoms with Crippen molar-refractivity contribution in [1.82, 2.24) is 10.3 Å². The minimum atomic E-state index is -4.61. The van der Waals surface area contributed by atoms with E-state index in [-0.39, 0.29) is 24.6 Å². The molecule has 134 valence electrons. The molecule has 0 bridgehead atoms. The van der Waals surface area contributed by atoms with Gasteiger partial charge in [-0.05, 0) is 18.2 Å². The van der Waals surface area contributed by atoms with Gasteiger partial charge in [-0.3, -0.25) is 4.79 Å². The lowest BCUT2D eigenvalue weighted by Crippen LogP contribution is -2.47. The quantitative estimate of drug-likeness (QED) is 0.784. The number of aromatic nitrogens is 1. The van der Waals surface area contributed by atoms with Crippen molar-refractivity contribution in [3.05, 3.63) is 58.9 Å². The molecule has 0 fully saturated rings. The van der Waals surface area contributed by atoms with Crippen molar-refractivity contribution in [1.29, 1.82) is 0 Å². The Bertz CT molecular complexity index is 940. The Morgan fingerprint density at radius 2 is 1.96 bits per heavy atom. The van der Waals surface area contributed by atoms with E-state index in [2.05, 4.69) is 15.3 Å². The minimum Gasteiger partial charge on any atom is -0.493 e. The fourth-order valence-corrected chi connectivity index (χ4v) is 3.54. The summed E-state index contributed by atoms with van der Waals surface area (Å²) in [5, 5.41) is 2.77. The molecule has 1 atom stereocenters. The molecular weight excluding hydrogens is 347 g/mol. The maximum Gasteiger partial charge on any atom is 0.433 e. The minimum absolute atomic E-state index is 0.0624. The third-order valence-corrected chi connectivity index (χ3v) is 4.74. The molecule has 2 aliphatic rings. The maximum atomic E-state index is 13.3. The molecule has 1 amide bonds. The highest BCUT2D eigenvalue weighted by molar-refractivity contribution is 6.13. The predicted molar refractivity (Wildman–Crippen MR) is 87.2 cm³/mol. The molecule has 1 aromatic heterocycles. The zero-order valence-electron chi connectivity index (χ0n) is 13.7. The van der Waals surface area contributed by atoms with Gasteiger partial charge in [-0.1, -0.05) is 18.2 Å². The Kier molecular flexibility index (Phi) is 3.54. The summed E-state index contributed by atoms with van der Waals surface area (Å²) in [4.78, 5) is 21.0. The van der Waals surface area contributed by atoms with Crippen LogP contribution in [0.1, 0.15) is 28.9 Å². The van der Waals surface area contributed by atoms with Crippen molar-refractivity contribution in [2.45, 2.75) is 18.0 Å². The number of nitrogens with one attached hydrogen (secondary N) is 1. The van der Waals surface area contributed by atoms with Gasteiger partial charge in [-0.2, -0.15) is 18.2 Å². The number of hydrogen-bond donors (Lipinski definition) is 1. The van der Waals surface area contributed by atoms with Crippen molar-refractivity contribution < 1.29 is 22.7 Å². The van der Waals surface area contributed by atoms with Crippen molar-refractivity contribution in [2.75, 3.05) is 13.7 Å². The van der Waals surface area contributed by atoms with Gasteiger partial charge in [0.15, 0.2) is 0 Å². The molecule has 3 heterocycles. The number of carbonyl (C=O) groups excluding carboxylic acids is 1. The molecule has 26 heavy (non-hydrogen) atoms. The monoisotopic (exact) mass is 361 g/mol. The van der Waals surface area contributed by atoms with Crippen LogP contribution in [0.2, 0.25) is 0 Å². The lowest BCUT2D eigenvalue weighted by molar-refractivity contribution is -0.141. The second-order valence-electron chi connectivity index (χ2n) is 6.11. The molecular formula is C18H14F3N3O2. The first-order valence-corrected chi connectivity index (χ1v) is 8.00. The van der Waals surface area contributed by atoms with Gasteiger partial charge in [-0.15, -0.1) is 0 Å². The highest BCUT2D eigenvalue weighted by atomic mass is 19.4. The Morgan fingerprint density at radius 3 is 2.69 bits per heavy atom. The fourth-order valence-electron chi connectivity index (χ4n) is 3.54. The third kappa shape index (κ3) is 2.21. The molecule has 2 aromatic rings. The highest BCUT2D eigenvalue weighted by Crippen LogP contribution is 2.47. The predicted octanol–water partition coefficient (Wildman–Crippen LogP) is 2.68. The SMILES string of the molecule is CNC1=NC(=O)[C@@]2(CCOc3ccccc32)c2nc(C(F)(F)F)ccc21. The number of amidine groups is 1. The standard InChI is InChI=1S/C18H14F3N3O2/c1-22-15-10-6-7-13(18(19,20)21)23-14(10)17(16(25)24-15)8-9-26-12-5-3-2-4-11(12)17/h2-7H,8-9H2,1H3,(H,22,24,25)/t17-/m1/s1. The van der Waals surface area contributed by atoms with E-state index in [4.69, 9.17) is 4.74 Å². The summed E-state index contributed by atoms with van der Waals surface area (Å²) >= 11 is 0.